The third-order valence-electron chi connectivity index (χ3n) is 10.3. The Hall–Kier alpha value is -7.66. The van der Waals surface area contributed by atoms with E-state index in [0.29, 0.717) is 34.2 Å². The van der Waals surface area contributed by atoms with E-state index in [1.807, 2.05) is 52.0 Å². The van der Waals surface area contributed by atoms with Gasteiger partial charge in [0.15, 0.2) is 0 Å². The number of nitrogens with zero attached hydrogens (tertiary/aromatic N) is 2. The van der Waals surface area contributed by atoms with Crippen LogP contribution >= 0.6 is 0 Å². The summed E-state index contributed by atoms with van der Waals surface area (Å²) in [7, 11) is 0. The highest BCUT2D eigenvalue weighted by Gasteiger charge is 2.38. The second kappa shape index (κ2) is 14.2. The summed E-state index contributed by atoms with van der Waals surface area (Å²) in [5.41, 5.74) is 7.28. The number of carbonyl (C=O) groups is 6. The molecule has 0 fully saturated rings. The maximum absolute atomic E-state index is 13.5. The molecule has 2 N–H and O–H groups in total. The topological polar surface area (TPSA) is 142 Å². The number of aryl methyl sites for hydroxylation is 4. The van der Waals surface area contributed by atoms with Gasteiger partial charge in [-0.1, -0.05) is 12.1 Å². The second-order valence-electron chi connectivity index (χ2n) is 14.0. The normalized spacial score (nSPS) is 13.1. The Balaban J connectivity index is 0.917. The van der Waals surface area contributed by atoms with Crippen LogP contribution in [-0.4, -0.2) is 35.4 Å². The van der Waals surface area contributed by atoms with Gasteiger partial charge >= 0.3 is 0 Å². The zero-order valence-corrected chi connectivity index (χ0v) is 31.3. The minimum atomic E-state index is -0.551. The van der Waals surface area contributed by atoms with Crippen molar-refractivity contribution in [2.24, 2.45) is 0 Å². The lowest BCUT2D eigenvalue weighted by molar-refractivity contribution is 0.0910. The van der Waals surface area contributed by atoms with Gasteiger partial charge in [0.2, 0.25) is 0 Å². The monoisotopic (exact) mass is 754 g/mol. The van der Waals surface area contributed by atoms with Gasteiger partial charge in [0.25, 0.3) is 35.4 Å². The maximum Gasteiger partial charge on any atom is 0.266 e. The van der Waals surface area contributed by atoms with Crippen molar-refractivity contribution in [2.75, 3.05) is 20.4 Å². The minimum absolute atomic E-state index is 0.130. The third-order valence-corrected chi connectivity index (χ3v) is 10.3. The van der Waals surface area contributed by atoms with E-state index < -0.39 is 35.4 Å². The Labute approximate surface area is 327 Å². The fourth-order valence-electron chi connectivity index (χ4n) is 6.74. The first-order valence-corrected chi connectivity index (χ1v) is 18.1. The summed E-state index contributed by atoms with van der Waals surface area (Å²) in [6.45, 7) is 7.86. The van der Waals surface area contributed by atoms with Crippen LogP contribution in [0.1, 0.15) is 84.4 Å². The molecule has 6 amide bonds. The van der Waals surface area contributed by atoms with Crippen LogP contribution in [0.5, 0.6) is 11.5 Å². The summed E-state index contributed by atoms with van der Waals surface area (Å²) >= 11 is 0. The predicted octanol–water partition coefficient (Wildman–Crippen LogP) is 8.82. The molecule has 2 aliphatic rings. The number of anilines is 4. The number of hydrogen-bond donors (Lipinski definition) is 2. The van der Waals surface area contributed by atoms with Crippen molar-refractivity contribution in [2.45, 2.75) is 27.7 Å². The Morgan fingerprint density at radius 1 is 0.421 bits per heavy atom. The molecule has 6 aromatic carbocycles. The molecule has 0 saturated heterocycles. The Kier molecular flexibility index (Phi) is 9.05. The molecule has 0 spiro atoms. The molecule has 2 aliphatic heterocycles. The van der Waals surface area contributed by atoms with Crippen molar-refractivity contribution in [1.29, 1.82) is 0 Å². The van der Waals surface area contributed by atoms with Gasteiger partial charge in [-0.25, -0.2) is 9.80 Å². The van der Waals surface area contributed by atoms with Crippen molar-refractivity contribution in [3.05, 3.63) is 177 Å². The number of rotatable bonds is 8. The number of amides is 6. The quantitative estimate of drug-likeness (QED) is 0.148. The lowest BCUT2D eigenvalue weighted by Gasteiger charge is -2.16. The van der Waals surface area contributed by atoms with E-state index in [1.54, 1.807) is 60.7 Å². The van der Waals surface area contributed by atoms with Crippen LogP contribution in [0.2, 0.25) is 0 Å². The number of benzene rings is 6. The largest absolute Gasteiger partial charge is 0.457 e. The minimum Gasteiger partial charge on any atom is -0.457 e. The molecule has 0 aromatic heterocycles. The van der Waals surface area contributed by atoms with Crippen molar-refractivity contribution in [3.63, 3.8) is 0 Å². The average molecular weight is 755 g/mol. The zero-order valence-electron chi connectivity index (χ0n) is 31.3. The SMILES string of the molecule is Cc1ccc(NC(=O)c2ccc3c(c2)C(=O)N(c2ccc(Oc4ccc(N5C(=O)c6ccc(C(=O)Nc7ccc(C)c(C)c7)cc6C5=O)cc4)cc2)C3=O)cc1C. The number of nitrogens with one attached hydrogen (secondary N) is 2. The van der Waals surface area contributed by atoms with Crippen LogP contribution < -0.4 is 25.2 Å². The maximum atomic E-state index is 13.5. The molecule has 0 unspecified atom stereocenters. The molecule has 0 bridgehead atoms. The number of ether oxygens (including phenoxy) is 1. The van der Waals surface area contributed by atoms with Crippen LogP contribution in [0.15, 0.2) is 121 Å². The second-order valence-corrected chi connectivity index (χ2v) is 14.0. The lowest BCUT2D eigenvalue weighted by Crippen LogP contribution is -2.29. The van der Waals surface area contributed by atoms with Gasteiger partial charge in [0.05, 0.1) is 33.6 Å². The summed E-state index contributed by atoms with van der Waals surface area (Å²) in [6, 6.07) is 32.8. The molecule has 6 aromatic rings. The van der Waals surface area contributed by atoms with Gasteiger partial charge in [-0.15, -0.1) is 0 Å². The smallest absolute Gasteiger partial charge is 0.266 e. The molecule has 8 rings (SSSR count). The van der Waals surface area contributed by atoms with E-state index in [9.17, 15) is 28.8 Å². The summed E-state index contributed by atoms with van der Waals surface area (Å²) in [4.78, 5) is 81.7. The molecular weight excluding hydrogens is 721 g/mol. The molecule has 2 heterocycles. The molecule has 0 atom stereocenters. The highest BCUT2D eigenvalue weighted by molar-refractivity contribution is 6.35. The van der Waals surface area contributed by atoms with Crippen LogP contribution in [0.4, 0.5) is 22.7 Å². The van der Waals surface area contributed by atoms with E-state index in [2.05, 4.69) is 10.6 Å². The Morgan fingerprint density at radius 2 is 0.789 bits per heavy atom. The molecular formula is C46H34N4O7. The lowest BCUT2D eigenvalue weighted by atomic mass is 10.0. The molecule has 11 nitrogen and oxygen atoms in total. The molecule has 57 heavy (non-hydrogen) atoms. The van der Waals surface area contributed by atoms with Gasteiger partial charge in [-0.2, -0.15) is 0 Å². The Morgan fingerprint density at radius 3 is 1.16 bits per heavy atom. The summed E-state index contributed by atoms with van der Waals surface area (Å²) < 4.78 is 5.99. The van der Waals surface area contributed by atoms with Crippen LogP contribution in [-0.2, 0) is 0 Å². The number of hydrogen-bond acceptors (Lipinski definition) is 7. The van der Waals surface area contributed by atoms with E-state index >= 15 is 0 Å². The van der Waals surface area contributed by atoms with E-state index in [0.717, 1.165) is 32.1 Å². The van der Waals surface area contributed by atoms with E-state index in [4.69, 9.17) is 4.74 Å². The molecule has 11 heteroatoms. The van der Waals surface area contributed by atoms with Crippen LogP contribution in [0.25, 0.3) is 0 Å². The van der Waals surface area contributed by atoms with Gasteiger partial charge in [0.1, 0.15) is 11.5 Å². The fraction of sp³-hybridized carbons (Fsp3) is 0.0870. The highest BCUT2D eigenvalue weighted by atomic mass is 16.5. The first kappa shape index (κ1) is 36.3. The van der Waals surface area contributed by atoms with Gasteiger partial charge in [-0.05, 0) is 159 Å². The highest BCUT2D eigenvalue weighted by Crippen LogP contribution is 2.34. The van der Waals surface area contributed by atoms with Crippen molar-refractivity contribution in [3.8, 4) is 11.5 Å². The van der Waals surface area contributed by atoms with E-state index in [1.165, 1.54) is 36.4 Å². The molecule has 0 saturated carbocycles. The van der Waals surface area contributed by atoms with Crippen LogP contribution in [0.3, 0.4) is 0 Å². The summed E-state index contributed by atoms with van der Waals surface area (Å²) in [5.74, 6) is -2.11. The molecule has 0 radical (unpaired) electrons. The number of carbonyl (C=O) groups excluding carboxylic acids is 6. The predicted molar refractivity (Wildman–Crippen MR) is 216 cm³/mol. The summed E-state index contributed by atoms with van der Waals surface area (Å²) in [6.07, 6.45) is 0. The standard InChI is InChI=1S/C46H34N4O7/c1-25-5-9-31(21-27(25)3)47-41(51)29-7-19-37-39(23-29)45(55)49(43(37)53)33-11-15-35(16-12-33)57-36-17-13-34(14-18-36)50-44(54)38-20-8-30(24-40(38)46(50)56)42(52)48-32-10-6-26(2)28(4)22-32/h5-24H,1-4H3,(H,47,51)(H,48,52). The first-order chi connectivity index (χ1) is 27.4. The first-order valence-electron chi connectivity index (χ1n) is 18.1. The molecule has 280 valence electrons. The molecule has 0 aliphatic carbocycles. The van der Waals surface area contributed by atoms with Gasteiger partial charge in [-0.3, -0.25) is 28.8 Å². The third kappa shape index (κ3) is 6.71. The van der Waals surface area contributed by atoms with Gasteiger partial charge < -0.3 is 15.4 Å². The van der Waals surface area contributed by atoms with Crippen molar-refractivity contribution in [1.82, 2.24) is 0 Å². The number of imide groups is 2. The fourth-order valence-corrected chi connectivity index (χ4v) is 6.74. The zero-order chi connectivity index (χ0) is 40.1. The number of fused-ring (bicyclic) bond motifs is 2. The Bertz CT molecular complexity index is 2530. The van der Waals surface area contributed by atoms with Crippen molar-refractivity contribution < 1.29 is 33.5 Å². The van der Waals surface area contributed by atoms with E-state index in [-0.39, 0.29) is 33.4 Å². The average Bonchev–Trinajstić information content (AvgIpc) is 3.61. The summed E-state index contributed by atoms with van der Waals surface area (Å²) in [5, 5.41) is 5.69. The van der Waals surface area contributed by atoms with Gasteiger partial charge in [0, 0.05) is 22.5 Å². The van der Waals surface area contributed by atoms with Crippen molar-refractivity contribution >= 4 is 58.2 Å². The van der Waals surface area contributed by atoms with Crippen LogP contribution in [0, 0.1) is 27.7 Å².